The number of nitrogens with one attached hydrogen (secondary N) is 2. The first-order valence-corrected chi connectivity index (χ1v) is 11.2. The van der Waals surface area contributed by atoms with Crippen LogP contribution in [0, 0.1) is 23.2 Å². The minimum Gasteiger partial charge on any atom is -0.387 e. The van der Waals surface area contributed by atoms with E-state index in [-0.39, 0.29) is 11.0 Å². The Morgan fingerprint density at radius 2 is 1.75 bits per heavy atom. The van der Waals surface area contributed by atoms with E-state index in [1.165, 1.54) is 24.8 Å². The lowest BCUT2D eigenvalue weighted by molar-refractivity contribution is -0.138. The van der Waals surface area contributed by atoms with Gasteiger partial charge in [0.1, 0.15) is 0 Å². The molecule has 0 atom stereocenters. The van der Waals surface area contributed by atoms with Crippen molar-refractivity contribution in [1.29, 1.82) is 0 Å². The highest BCUT2D eigenvalue weighted by Crippen LogP contribution is 2.60. The Balaban J connectivity index is 1.54. The normalized spacial score (nSPS) is 36.1. The molecule has 1 aliphatic heterocycles. The van der Waals surface area contributed by atoms with Crippen molar-refractivity contribution in [2.45, 2.75) is 64.3 Å². The second-order valence-electron chi connectivity index (χ2n) is 10.5. The van der Waals surface area contributed by atoms with Crippen LogP contribution in [0.15, 0.2) is 18.2 Å². The van der Waals surface area contributed by atoms with E-state index in [9.17, 15) is 4.79 Å². The number of ketones is 1. The lowest BCUT2D eigenvalue weighted by atomic mass is 9.48. The molecule has 0 amide bonds. The van der Waals surface area contributed by atoms with Crippen molar-refractivity contribution in [2.75, 3.05) is 12.4 Å². The van der Waals surface area contributed by atoms with Crippen LogP contribution in [-0.2, 0) is 11.2 Å². The average Bonchev–Trinajstić information content (AvgIpc) is 2.59. The van der Waals surface area contributed by atoms with Gasteiger partial charge in [0.25, 0.3) is 0 Å². The lowest BCUT2D eigenvalue weighted by Crippen LogP contribution is -2.50. The second-order valence-corrected chi connectivity index (χ2v) is 11.0. The molecule has 5 aliphatic rings. The molecule has 4 bridgehead atoms. The van der Waals surface area contributed by atoms with Crippen molar-refractivity contribution in [2.24, 2.45) is 23.2 Å². The summed E-state index contributed by atoms with van der Waals surface area (Å²) < 4.78 is 0. The van der Waals surface area contributed by atoms with Crippen molar-refractivity contribution in [3.63, 3.8) is 0 Å². The Morgan fingerprint density at radius 1 is 1.14 bits per heavy atom. The lowest BCUT2D eigenvalue weighted by Gasteiger charge is -2.55. The van der Waals surface area contributed by atoms with Gasteiger partial charge in [0.15, 0.2) is 5.78 Å². The quantitative estimate of drug-likeness (QED) is 0.666. The summed E-state index contributed by atoms with van der Waals surface area (Å²) >= 11 is 6.45. The van der Waals surface area contributed by atoms with E-state index in [1.807, 2.05) is 13.1 Å². The predicted molar refractivity (Wildman–Crippen MR) is 116 cm³/mol. The molecule has 4 saturated carbocycles. The SMILES string of the molecule is CNc1cc2c(cc1Cl)CC(C)(C)N/C2=C/C(=O)C12CC3CC(CC(C3)C1)C2. The maximum Gasteiger partial charge on any atom is 0.163 e. The van der Waals surface area contributed by atoms with E-state index in [2.05, 4.69) is 36.6 Å². The molecule has 4 aliphatic carbocycles. The van der Waals surface area contributed by atoms with E-state index in [0.717, 1.165) is 65.4 Å². The van der Waals surface area contributed by atoms with Gasteiger partial charge in [-0.25, -0.2) is 0 Å². The van der Waals surface area contributed by atoms with E-state index < -0.39 is 0 Å². The summed E-state index contributed by atoms with van der Waals surface area (Å²) in [4.78, 5) is 13.6. The van der Waals surface area contributed by atoms with Gasteiger partial charge in [0.2, 0.25) is 0 Å². The van der Waals surface area contributed by atoms with Crippen molar-refractivity contribution in [3.8, 4) is 0 Å². The fourth-order valence-corrected chi connectivity index (χ4v) is 7.25. The highest BCUT2D eigenvalue weighted by molar-refractivity contribution is 6.33. The third kappa shape index (κ3) is 2.98. The molecule has 0 aromatic heterocycles. The van der Waals surface area contributed by atoms with E-state index in [0.29, 0.717) is 5.78 Å². The molecule has 0 radical (unpaired) electrons. The number of hydrogen-bond acceptors (Lipinski definition) is 3. The molecular formula is C24H31ClN2O. The molecule has 6 rings (SSSR count). The Bertz CT molecular complexity index is 834. The number of carbonyl (C=O) groups excluding carboxylic acids is 1. The zero-order valence-electron chi connectivity index (χ0n) is 17.2. The van der Waals surface area contributed by atoms with Crippen LogP contribution in [0.3, 0.4) is 0 Å². The van der Waals surface area contributed by atoms with Gasteiger partial charge in [-0.2, -0.15) is 0 Å². The van der Waals surface area contributed by atoms with Gasteiger partial charge >= 0.3 is 0 Å². The average molecular weight is 399 g/mol. The number of carbonyl (C=O) groups is 1. The van der Waals surface area contributed by atoms with Gasteiger partial charge in [-0.15, -0.1) is 0 Å². The summed E-state index contributed by atoms with van der Waals surface area (Å²) in [5, 5.41) is 7.57. The van der Waals surface area contributed by atoms with Crippen molar-refractivity contribution in [1.82, 2.24) is 5.32 Å². The summed E-state index contributed by atoms with van der Waals surface area (Å²) in [6.07, 6.45) is 10.3. The van der Waals surface area contributed by atoms with Crippen LogP contribution in [0.4, 0.5) is 5.69 Å². The van der Waals surface area contributed by atoms with E-state index in [1.54, 1.807) is 0 Å². The van der Waals surface area contributed by atoms with Crippen LogP contribution in [0.1, 0.15) is 63.5 Å². The van der Waals surface area contributed by atoms with Crippen LogP contribution in [0.25, 0.3) is 5.70 Å². The molecule has 150 valence electrons. The number of allylic oxidation sites excluding steroid dienone is 1. The summed E-state index contributed by atoms with van der Waals surface area (Å²) in [5.41, 5.74) is 4.04. The predicted octanol–water partition coefficient (Wildman–Crippen LogP) is 5.43. The number of rotatable bonds is 3. The monoisotopic (exact) mass is 398 g/mol. The van der Waals surface area contributed by atoms with Crippen molar-refractivity contribution < 1.29 is 4.79 Å². The molecule has 28 heavy (non-hydrogen) atoms. The van der Waals surface area contributed by atoms with Gasteiger partial charge in [-0.3, -0.25) is 4.79 Å². The third-order valence-electron chi connectivity index (χ3n) is 7.69. The van der Waals surface area contributed by atoms with Gasteiger partial charge in [-0.05, 0) is 94.2 Å². The van der Waals surface area contributed by atoms with Gasteiger partial charge < -0.3 is 10.6 Å². The first-order valence-electron chi connectivity index (χ1n) is 10.8. The number of hydrogen-bond donors (Lipinski definition) is 2. The van der Waals surface area contributed by atoms with Crippen LogP contribution < -0.4 is 10.6 Å². The molecule has 0 saturated heterocycles. The molecule has 0 unspecified atom stereocenters. The number of halogens is 1. The smallest absolute Gasteiger partial charge is 0.163 e. The summed E-state index contributed by atoms with van der Waals surface area (Å²) in [7, 11) is 1.89. The Hall–Kier alpha value is -1.48. The molecule has 3 nitrogen and oxygen atoms in total. The highest BCUT2D eigenvalue weighted by Gasteiger charge is 2.54. The molecule has 1 aromatic rings. The maximum absolute atomic E-state index is 13.6. The molecule has 4 fully saturated rings. The minimum absolute atomic E-state index is 0.0922. The minimum atomic E-state index is -0.0938. The second kappa shape index (κ2) is 6.26. The topological polar surface area (TPSA) is 41.1 Å². The molecule has 2 N–H and O–H groups in total. The van der Waals surface area contributed by atoms with Crippen LogP contribution in [0.5, 0.6) is 0 Å². The molecular weight excluding hydrogens is 368 g/mol. The fourth-order valence-electron chi connectivity index (χ4n) is 6.97. The zero-order valence-corrected chi connectivity index (χ0v) is 18.0. The van der Waals surface area contributed by atoms with Gasteiger partial charge in [-0.1, -0.05) is 11.6 Å². The Kier molecular flexibility index (Phi) is 4.14. The third-order valence-corrected chi connectivity index (χ3v) is 8.01. The number of benzene rings is 1. The molecule has 0 spiro atoms. The fraction of sp³-hybridized carbons (Fsp3) is 0.625. The van der Waals surface area contributed by atoms with Gasteiger partial charge in [0, 0.05) is 35.3 Å². The van der Waals surface area contributed by atoms with Crippen LogP contribution >= 0.6 is 11.6 Å². The largest absolute Gasteiger partial charge is 0.387 e. The zero-order chi connectivity index (χ0) is 19.7. The summed E-state index contributed by atoms with van der Waals surface area (Å²) in [5.74, 6) is 2.71. The molecule has 4 heteroatoms. The Morgan fingerprint density at radius 3 is 2.32 bits per heavy atom. The summed E-state index contributed by atoms with van der Waals surface area (Å²) in [6.45, 7) is 4.39. The van der Waals surface area contributed by atoms with Gasteiger partial charge in [0.05, 0.1) is 10.7 Å². The van der Waals surface area contributed by atoms with Crippen LogP contribution in [0.2, 0.25) is 5.02 Å². The maximum atomic E-state index is 13.6. The molecule has 1 aromatic carbocycles. The van der Waals surface area contributed by atoms with Crippen molar-refractivity contribution >= 4 is 28.8 Å². The Labute approximate surface area is 173 Å². The van der Waals surface area contributed by atoms with E-state index >= 15 is 0 Å². The molecule has 1 heterocycles. The number of fused-ring (bicyclic) bond motifs is 1. The summed E-state index contributed by atoms with van der Waals surface area (Å²) in [6, 6.07) is 4.16. The van der Waals surface area contributed by atoms with Crippen LogP contribution in [-0.4, -0.2) is 18.4 Å². The highest BCUT2D eigenvalue weighted by atomic mass is 35.5. The first-order chi connectivity index (χ1) is 13.3. The number of anilines is 1. The van der Waals surface area contributed by atoms with Crippen molar-refractivity contribution in [3.05, 3.63) is 34.4 Å². The first kappa shape index (κ1) is 18.5. The standard InChI is InChI=1S/C24H31ClN2O/c1-23(2)13-17-7-19(25)21(26-3)8-18(17)20(27-23)9-22(28)24-10-14-4-15(11-24)6-16(5-14)12-24/h7-9,14-16,26-27H,4-6,10-13H2,1-3H3/b20-9+. The van der Waals surface area contributed by atoms with E-state index in [4.69, 9.17) is 11.6 Å².